The Bertz CT molecular complexity index is 756. The Kier molecular flexibility index (Phi) is 2.80. The zero-order valence-electron chi connectivity index (χ0n) is 9.69. The molecule has 0 radical (unpaired) electrons. The zero-order valence-corrected chi connectivity index (χ0v) is 12.1. The number of hydrogen-bond donors (Lipinski definition) is 0. The van der Waals surface area contributed by atoms with Gasteiger partial charge >= 0.3 is 5.38 Å². The van der Waals surface area contributed by atoms with Crippen molar-refractivity contribution in [1.29, 1.82) is 0 Å². The second kappa shape index (κ2) is 4.15. The molecule has 0 atom stereocenters. The van der Waals surface area contributed by atoms with Crippen LogP contribution in [0.15, 0.2) is 0 Å². The van der Waals surface area contributed by atoms with E-state index in [1.54, 1.807) is 0 Å². The molecule has 0 spiro atoms. The number of nitrogens with zero attached hydrogens (tertiary/aromatic N) is 5. The lowest BCUT2D eigenvalue weighted by atomic mass is 10.4. The van der Waals surface area contributed by atoms with Crippen LogP contribution < -0.4 is 0 Å². The fourth-order valence-corrected chi connectivity index (χ4v) is 3.61. The van der Waals surface area contributed by atoms with Gasteiger partial charge in [-0.2, -0.15) is 18.4 Å². The predicted molar refractivity (Wildman–Crippen MR) is 69.0 cm³/mol. The second-order valence-corrected chi connectivity index (χ2v) is 6.40. The molecule has 10 heteroatoms. The largest absolute Gasteiger partial charge is 0.383 e. The molecule has 0 bridgehead atoms. The summed E-state index contributed by atoms with van der Waals surface area (Å²) in [7, 11) is 0. The van der Waals surface area contributed by atoms with Gasteiger partial charge in [0, 0.05) is 0 Å². The molecular weight excluding hydrogens is 316 g/mol. The fourth-order valence-electron chi connectivity index (χ4n) is 1.62. The standard InChI is InChI=1S/C9H6ClF2N5S2/c1-3-5(18-4(2)13-3)6-16-17-7(9(10,11)12)14-15-8(17)19-6/h1-2H3. The van der Waals surface area contributed by atoms with Crippen LogP contribution in [0.2, 0.25) is 0 Å². The van der Waals surface area contributed by atoms with Gasteiger partial charge in [-0.15, -0.1) is 21.5 Å². The molecule has 0 N–H and O–H groups in total. The molecule has 0 fully saturated rings. The van der Waals surface area contributed by atoms with Gasteiger partial charge in [-0.1, -0.05) is 11.3 Å². The first-order valence-electron chi connectivity index (χ1n) is 5.10. The molecular formula is C9H6ClF2N5S2. The molecule has 19 heavy (non-hydrogen) atoms. The highest BCUT2D eigenvalue weighted by Crippen LogP contribution is 2.36. The molecule has 3 rings (SSSR count). The number of halogens is 3. The highest BCUT2D eigenvalue weighted by molar-refractivity contribution is 7.24. The molecule has 3 aromatic rings. The van der Waals surface area contributed by atoms with E-state index in [0.717, 1.165) is 20.1 Å². The van der Waals surface area contributed by atoms with Crippen molar-refractivity contribution in [2.45, 2.75) is 19.2 Å². The highest BCUT2D eigenvalue weighted by Gasteiger charge is 2.36. The van der Waals surface area contributed by atoms with Crippen molar-refractivity contribution in [1.82, 2.24) is 24.8 Å². The average molecular weight is 322 g/mol. The lowest BCUT2D eigenvalue weighted by Crippen LogP contribution is -2.10. The van der Waals surface area contributed by atoms with Crippen molar-refractivity contribution in [3.63, 3.8) is 0 Å². The molecule has 3 aromatic heterocycles. The monoisotopic (exact) mass is 321 g/mol. The van der Waals surface area contributed by atoms with E-state index >= 15 is 0 Å². The Morgan fingerprint density at radius 3 is 2.53 bits per heavy atom. The van der Waals surface area contributed by atoms with Crippen molar-refractivity contribution in [3.05, 3.63) is 16.5 Å². The van der Waals surface area contributed by atoms with Crippen molar-refractivity contribution in [3.8, 4) is 9.88 Å². The quantitative estimate of drug-likeness (QED) is 0.680. The third kappa shape index (κ3) is 2.11. The number of alkyl halides is 3. The number of aromatic nitrogens is 5. The average Bonchev–Trinajstić information content (AvgIpc) is 2.88. The van der Waals surface area contributed by atoms with Gasteiger partial charge in [0.2, 0.25) is 10.8 Å². The molecule has 0 aliphatic rings. The van der Waals surface area contributed by atoms with Crippen molar-refractivity contribution in [2.24, 2.45) is 0 Å². The van der Waals surface area contributed by atoms with Gasteiger partial charge in [0.15, 0.2) is 5.01 Å². The topological polar surface area (TPSA) is 56.0 Å². The molecule has 5 nitrogen and oxygen atoms in total. The Hall–Kier alpha value is -1.19. The van der Waals surface area contributed by atoms with Crippen LogP contribution in [0.25, 0.3) is 14.8 Å². The number of aryl methyl sites for hydroxylation is 2. The number of fused-ring (bicyclic) bond motifs is 1. The van der Waals surface area contributed by atoms with E-state index in [2.05, 4.69) is 20.3 Å². The lowest BCUT2D eigenvalue weighted by molar-refractivity contribution is 0.0821. The highest BCUT2D eigenvalue weighted by atomic mass is 35.5. The first-order valence-corrected chi connectivity index (χ1v) is 7.11. The first kappa shape index (κ1) is 12.8. The Labute approximate surface area is 118 Å². The molecule has 0 aliphatic heterocycles. The molecule has 0 unspecified atom stereocenters. The van der Waals surface area contributed by atoms with Crippen LogP contribution in [-0.4, -0.2) is 24.8 Å². The fraction of sp³-hybridized carbons (Fsp3) is 0.333. The summed E-state index contributed by atoms with van der Waals surface area (Å²) in [5, 5.41) is 8.99. The minimum absolute atomic E-state index is 0.274. The molecule has 0 aliphatic carbocycles. The third-order valence-corrected chi connectivity index (χ3v) is 4.64. The minimum atomic E-state index is -3.59. The summed E-state index contributed by atoms with van der Waals surface area (Å²) in [6.07, 6.45) is 0. The Morgan fingerprint density at radius 2 is 1.95 bits per heavy atom. The second-order valence-electron chi connectivity index (χ2n) is 3.77. The van der Waals surface area contributed by atoms with Gasteiger partial charge < -0.3 is 0 Å². The summed E-state index contributed by atoms with van der Waals surface area (Å²) < 4.78 is 27.2. The van der Waals surface area contributed by atoms with Crippen molar-refractivity contribution in [2.75, 3.05) is 0 Å². The molecule has 100 valence electrons. The number of rotatable bonds is 2. The zero-order chi connectivity index (χ0) is 13.8. The van der Waals surface area contributed by atoms with Gasteiger partial charge in [0.25, 0.3) is 0 Å². The first-order chi connectivity index (χ1) is 8.86. The maximum Gasteiger partial charge on any atom is 0.383 e. The Balaban J connectivity index is 2.18. The van der Waals surface area contributed by atoms with Gasteiger partial charge in [0.1, 0.15) is 0 Å². The van der Waals surface area contributed by atoms with Crippen molar-refractivity contribution < 1.29 is 8.78 Å². The van der Waals surface area contributed by atoms with Gasteiger partial charge in [-0.25, -0.2) is 4.98 Å². The molecule has 0 saturated heterocycles. The number of thiazole rings is 1. The van der Waals surface area contributed by atoms with E-state index in [1.807, 2.05) is 13.8 Å². The van der Waals surface area contributed by atoms with E-state index in [-0.39, 0.29) is 4.96 Å². The number of hydrogen-bond acceptors (Lipinski definition) is 6. The van der Waals surface area contributed by atoms with Crippen LogP contribution >= 0.6 is 34.3 Å². The van der Waals surface area contributed by atoms with Crippen LogP contribution in [0.5, 0.6) is 0 Å². The van der Waals surface area contributed by atoms with Gasteiger partial charge in [-0.3, -0.25) is 0 Å². The van der Waals surface area contributed by atoms with Crippen LogP contribution in [0.3, 0.4) is 0 Å². The summed E-state index contributed by atoms with van der Waals surface area (Å²) in [6, 6.07) is 0. The van der Waals surface area contributed by atoms with Crippen LogP contribution in [0.1, 0.15) is 16.5 Å². The van der Waals surface area contributed by atoms with Crippen LogP contribution in [0, 0.1) is 13.8 Å². The van der Waals surface area contributed by atoms with Crippen LogP contribution in [0.4, 0.5) is 8.78 Å². The van der Waals surface area contributed by atoms with E-state index in [1.165, 1.54) is 22.7 Å². The summed E-state index contributed by atoms with van der Waals surface area (Å²) in [5.41, 5.74) is 0.812. The molecule has 3 heterocycles. The summed E-state index contributed by atoms with van der Waals surface area (Å²) in [6.45, 7) is 3.72. The maximum absolute atomic E-state index is 13.1. The summed E-state index contributed by atoms with van der Waals surface area (Å²) >= 11 is 7.59. The normalized spacial score (nSPS) is 12.5. The summed E-state index contributed by atoms with van der Waals surface area (Å²) in [5.74, 6) is -0.675. The van der Waals surface area contributed by atoms with Crippen LogP contribution in [-0.2, 0) is 5.38 Å². The smallest absolute Gasteiger partial charge is 0.246 e. The maximum atomic E-state index is 13.1. The van der Waals surface area contributed by atoms with Gasteiger partial charge in [0.05, 0.1) is 15.6 Å². The Morgan fingerprint density at radius 1 is 1.21 bits per heavy atom. The van der Waals surface area contributed by atoms with E-state index in [9.17, 15) is 8.78 Å². The summed E-state index contributed by atoms with van der Waals surface area (Å²) in [4.78, 5) is 5.40. The third-order valence-electron chi connectivity index (χ3n) is 2.34. The molecule has 0 aromatic carbocycles. The van der Waals surface area contributed by atoms with Crippen molar-refractivity contribution >= 4 is 39.2 Å². The molecule has 0 amide bonds. The van der Waals surface area contributed by atoms with E-state index < -0.39 is 11.2 Å². The van der Waals surface area contributed by atoms with E-state index in [4.69, 9.17) is 11.6 Å². The predicted octanol–water partition coefficient (Wildman–Crippen LogP) is 3.21. The van der Waals surface area contributed by atoms with E-state index in [0.29, 0.717) is 5.01 Å². The SMILES string of the molecule is Cc1nc(C)c(-c2nn3c(C(F)(F)Cl)nnc3s2)s1. The molecule has 0 saturated carbocycles. The lowest BCUT2D eigenvalue weighted by Gasteiger charge is -2.01. The minimum Gasteiger partial charge on any atom is -0.246 e. The van der Waals surface area contributed by atoms with Gasteiger partial charge in [-0.05, 0) is 25.4 Å².